The van der Waals surface area contributed by atoms with Crippen LogP contribution < -0.4 is 5.32 Å². The van der Waals surface area contributed by atoms with E-state index in [-0.39, 0.29) is 21.3 Å². The topological polar surface area (TPSA) is 102 Å². The molecule has 1 aromatic carbocycles. The average Bonchev–Trinajstić information content (AvgIpc) is 2.40. The lowest BCUT2D eigenvalue weighted by molar-refractivity contribution is -0.222. The Hall–Kier alpha value is -2.25. The number of esters is 2. The molecular formula is C14H11Cl2NO6. The summed E-state index contributed by atoms with van der Waals surface area (Å²) < 4.78 is 9.84. The van der Waals surface area contributed by atoms with E-state index in [2.05, 4.69) is 5.32 Å². The molecule has 1 heterocycles. The minimum absolute atomic E-state index is 0.00222. The zero-order chi connectivity index (χ0) is 17.4. The first-order valence-corrected chi connectivity index (χ1v) is 7.02. The molecule has 9 heteroatoms. The summed E-state index contributed by atoms with van der Waals surface area (Å²) in [7, 11) is 0. The van der Waals surface area contributed by atoms with Crippen molar-refractivity contribution in [3.8, 4) is 0 Å². The van der Waals surface area contributed by atoms with E-state index in [1.807, 2.05) is 0 Å². The Morgan fingerprint density at radius 1 is 1.22 bits per heavy atom. The van der Waals surface area contributed by atoms with E-state index < -0.39 is 29.3 Å². The summed E-state index contributed by atoms with van der Waals surface area (Å²) in [4.78, 5) is 34.6. The van der Waals surface area contributed by atoms with E-state index in [9.17, 15) is 14.4 Å². The maximum absolute atomic E-state index is 11.8. The second kappa shape index (κ2) is 6.10. The number of ether oxygens (including phenoxy) is 2. The van der Waals surface area contributed by atoms with E-state index in [0.29, 0.717) is 0 Å². The fraction of sp³-hybridized carbons (Fsp3) is 0.214. The number of cyclic esters (lactones) is 2. The molecule has 1 aliphatic heterocycles. The first-order valence-electron chi connectivity index (χ1n) is 6.26. The average molecular weight is 360 g/mol. The summed E-state index contributed by atoms with van der Waals surface area (Å²) >= 11 is 11.8. The summed E-state index contributed by atoms with van der Waals surface area (Å²) in [6.45, 7) is 2.83. The van der Waals surface area contributed by atoms with E-state index in [0.717, 1.165) is 6.20 Å². The number of aromatic carboxylic acids is 1. The number of hydrogen-bond acceptors (Lipinski definition) is 6. The van der Waals surface area contributed by atoms with Crippen molar-refractivity contribution in [2.75, 3.05) is 5.32 Å². The van der Waals surface area contributed by atoms with Gasteiger partial charge in [0.25, 0.3) is 5.79 Å². The second-order valence-corrected chi connectivity index (χ2v) is 5.79. The summed E-state index contributed by atoms with van der Waals surface area (Å²) in [6, 6.07) is 2.38. The normalized spacial score (nSPS) is 16.4. The van der Waals surface area contributed by atoms with Gasteiger partial charge >= 0.3 is 17.9 Å². The SMILES string of the molecule is CC1(C)OC(=O)C(=CNc2cc(C(=O)O)cc(Cl)c2Cl)C(=O)O1. The zero-order valence-corrected chi connectivity index (χ0v) is 13.5. The number of rotatable bonds is 3. The molecule has 122 valence electrons. The van der Waals surface area contributed by atoms with Crippen LogP contribution in [0.25, 0.3) is 0 Å². The molecule has 1 saturated heterocycles. The maximum atomic E-state index is 11.8. The van der Waals surface area contributed by atoms with Crippen LogP contribution in [-0.4, -0.2) is 28.8 Å². The number of hydrogen-bond donors (Lipinski definition) is 2. The number of carboxylic acids is 1. The van der Waals surface area contributed by atoms with Gasteiger partial charge in [0.05, 0.1) is 21.3 Å². The molecule has 2 N–H and O–H groups in total. The fourth-order valence-corrected chi connectivity index (χ4v) is 2.13. The van der Waals surface area contributed by atoms with E-state index >= 15 is 0 Å². The van der Waals surface area contributed by atoms with Gasteiger partial charge in [-0.2, -0.15) is 0 Å². The Labute approximate surface area is 140 Å². The van der Waals surface area contributed by atoms with E-state index in [1.165, 1.54) is 26.0 Å². The third-order valence-electron chi connectivity index (χ3n) is 2.76. The van der Waals surface area contributed by atoms with Crippen LogP contribution in [0.1, 0.15) is 24.2 Å². The molecule has 0 unspecified atom stereocenters. The summed E-state index contributed by atoms with van der Waals surface area (Å²) in [6.07, 6.45) is 1.02. The number of halogens is 2. The fourth-order valence-electron chi connectivity index (χ4n) is 1.75. The molecule has 1 fully saturated rings. The summed E-state index contributed by atoms with van der Waals surface area (Å²) in [5.41, 5.74) is -0.401. The highest BCUT2D eigenvalue weighted by Gasteiger charge is 2.39. The van der Waals surface area contributed by atoms with Crippen molar-refractivity contribution in [3.63, 3.8) is 0 Å². The van der Waals surface area contributed by atoms with Gasteiger partial charge in [-0.05, 0) is 12.1 Å². The van der Waals surface area contributed by atoms with Crippen molar-refractivity contribution >= 4 is 46.8 Å². The van der Waals surface area contributed by atoms with E-state index in [1.54, 1.807) is 0 Å². The Kier molecular flexibility index (Phi) is 4.53. The number of carbonyl (C=O) groups excluding carboxylic acids is 2. The van der Waals surface area contributed by atoms with Crippen molar-refractivity contribution in [1.29, 1.82) is 0 Å². The highest BCUT2D eigenvalue weighted by atomic mass is 35.5. The molecule has 2 rings (SSSR count). The summed E-state index contributed by atoms with van der Waals surface area (Å²) in [5, 5.41) is 11.6. The molecule has 0 bridgehead atoms. The van der Waals surface area contributed by atoms with Crippen molar-refractivity contribution in [2.45, 2.75) is 19.6 Å². The standard InChI is InChI=1S/C14H11Cl2NO6/c1-14(2)22-12(20)7(13(21)23-14)5-17-9-4-6(11(18)19)3-8(15)10(9)16/h3-5,17H,1-2H3,(H,18,19). The van der Waals surface area contributed by atoms with Gasteiger partial charge in [0, 0.05) is 20.0 Å². The predicted molar refractivity (Wildman–Crippen MR) is 81.4 cm³/mol. The van der Waals surface area contributed by atoms with Gasteiger partial charge < -0.3 is 19.9 Å². The monoisotopic (exact) mass is 359 g/mol. The molecule has 0 spiro atoms. The summed E-state index contributed by atoms with van der Waals surface area (Å²) in [5.74, 6) is -4.32. The molecule has 0 atom stereocenters. The minimum atomic E-state index is -1.35. The number of carbonyl (C=O) groups is 3. The number of carboxylic acid groups (broad SMARTS) is 1. The smallest absolute Gasteiger partial charge is 0.350 e. The van der Waals surface area contributed by atoms with Crippen LogP contribution in [0.5, 0.6) is 0 Å². The molecule has 23 heavy (non-hydrogen) atoms. The van der Waals surface area contributed by atoms with Crippen molar-refractivity contribution < 1.29 is 29.0 Å². The Bertz CT molecular complexity index is 719. The van der Waals surface area contributed by atoms with Gasteiger partial charge in [0.15, 0.2) is 5.57 Å². The Morgan fingerprint density at radius 2 is 1.78 bits per heavy atom. The van der Waals surface area contributed by atoms with Crippen LogP contribution in [0.4, 0.5) is 5.69 Å². The quantitative estimate of drug-likeness (QED) is 0.485. The van der Waals surface area contributed by atoms with E-state index in [4.69, 9.17) is 37.8 Å². The molecule has 0 saturated carbocycles. The van der Waals surface area contributed by atoms with Crippen molar-refractivity contribution in [2.24, 2.45) is 0 Å². The Morgan fingerprint density at radius 3 is 2.30 bits per heavy atom. The van der Waals surface area contributed by atoms with Gasteiger partial charge in [-0.15, -0.1) is 0 Å². The lowest BCUT2D eigenvalue weighted by Gasteiger charge is -2.29. The lowest BCUT2D eigenvalue weighted by Crippen LogP contribution is -2.42. The molecule has 7 nitrogen and oxygen atoms in total. The highest BCUT2D eigenvalue weighted by Crippen LogP contribution is 2.32. The third kappa shape index (κ3) is 3.75. The van der Waals surface area contributed by atoms with Crippen LogP contribution in [-0.2, 0) is 19.1 Å². The molecule has 0 aromatic heterocycles. The zero-order valence-electron chi connectivity index (χ0n) is 12.0. The Balaban J connectivity index is 2.31. The number of benzene rings is 1. The van der Waals surface area contributed by atoms with Gasteiger partial charge in [-0.25, -0.2) is 14.4 Å². The van der Waals surface area contributed by atoms with Crippen LogP contribution in [0.2, 0.25) is 10.0 Å². The molecule has 1 aliphatic rings. The third-order valence-corrected chi connectivity index (χ3v) is 3.57. The lowest BCUT2D eigenvalue weighted by atomic mass is 10.2. The number of nitrogens with one attached hydrogen (secondary N) is 1. The number of anilines is 1. The first kappa shape index (κ1) is 17.1. The first-order chi connectivity index (χ1) is 10.6. The minimum Gasteiger partial charge on any atom is -0.478 e. The maximum Gasteiger partial charge on any atom is 0.350 e. The van der Waals surface area contributed by atoms with Crippen molar-refractivity contribution in [1.82, 2.24) is 0 Å². The van der Waals surface area contributed by atoms with Gasteiger partial charge in [-0.1, -0.05) is 23.2 Å². The van der Waals surface area contributed by atoms with Crippen LogP contribution in [0.3, 0.4) is 0 Å². The molecule has 0 aliphatic carbocycles. The van der Waals surface area contributed by atoms with Gasteiger partial charge in [0.2, 0.25) is 0 Å². The predicted octanol–water partition coefficient (Wildman–Crippen LogP) is 2.82. The molecular weight excluding hydrogens is 349 g/mol. The molecule has 0 amide bonds. The van der Waals surface area contributed by atoms with Crippen LogP contribution >= 0.6 is 23.2 Å². The van der Waals surface area contributed by atoms with Crippen LogP contribution in [0, 0.1) is 0 Å². The van der Waals surface area contributed by atoms with Crippen LogP contribution in [0.15, 0.2) is 23.9 Å². The second-order valence-electron chi connectivity index (χ2n) is 5.01. The van der Waals surface area contributed by atoms with Crippen molar-refractivity contribution in [3.05, 3.63) is 39.5 Å². The molecule has 1 aromatic rings. The largest absolute Gasteiger partial charge is 0.478 e. The highest BCUT2D eigenvalue weighted by molar-refractivity contribution is 6.44. The van der Waals surface area contributed by atoms with Gasteiger partial charge in [0.1, 0.15) is 0 Å². The van der Waals surface area contributed by atoms with Gasteiger partial charge in [-0.3, -0.25) is 0 Å². The molecule has 0 radical (unpaired) electrons.